The minimum absolute atomic E-state index is 0.231. The maximum atomic E-state index is 11.9. The topological polar surface area (TPSA) is 97.1 Å². The highest BCUT2D eigenvalue weighted by atomic mass is 32.1. The molecule has 98 valence electrons. The zero-order valence-corrected chi connectivity index (χ0v) is 11.0. The van der Waals surface area contributed by atoms with Crippen molar-refractivity contribution in [3.05, 3.63) is 40.9 Å². The summed E-state index contributed by atoms with van der Waals surface area (Å²) in [7, 11) is 1.53. The van der Waals surface area contributed by atoms with E-state index in [0.717, 1.165) is 0 Å². The van der Waals surface area contributed by atoms with Gasteiger partial charge in [-0.15, -0.1) is 11.3 Å². The second-order valence-electron chi connectivity index (χ2n) is 3.65. The Morgan fingerprint density at radius 1 is 1.26 bits per heavy atom. The van der Waals surface area contributed by atoms with Crippen molar-refractivity contribution in [1.29, 1.82) is 0 Å². The first-order chi connectivity index (χ1) is 9.11. The van der Waals surface area contributed by atoms with Crippen molar-refractivity contribution in [2.75, 3.05) is 18.1 Å². The average molecular weight is 276 g/mol. The number of nitrogens with two attached hydrogens (primary N) is 1. The quantitative estimate of drug-likeness (QED) is 0.788. The molecule has 1 aromatic heterocycles. The van der Waals surface area contributed by atoms with Crippen LogP contribution in [0.25, 0.3) is 0 Å². The zero-order chi connectivity index (χ0) is 13.8. The number of rotatable bonds is 3. The number of amides is 2. The standard InChI is InChI=1S/C12H12N4O2S/c1-14-10(17)7-4-2-3-5-8(7)15-11(18)9-6-19-12(13)16-9/h2-6H,1H3,(H2,13,16)(H,14,17)(H,15,18). The van der Waals surface area contributed by atoms with Crippen LogP contribution in [0.15, 0.2) is 29.6 Å². The predicted octanol–water partition coefficient (Wildman–Crippen LogP) is 1.34. The van der Waals surface area contributed by atoms with E-state index in [1.807, 2.05) is 0 Å². The molecule has 0 atom stereocenters. The first-order valence-corrected chi connectivity index (χ1v) is 6.33. The molecule has 0 aliphatic carbocycles. The highest BCUT2D eigenvalue weighted by molar-refractivity contribution is 7.13. The number of carbonyl (C=O) groups excluding carboxylic acids is 2. The smallest absolute Gasteiger partial charge is 0.275 e. The summed E-state index contributed by atoms with van der Waals surface area (Å²) in [4.78, 5) is 27.5. The van der Waals surface area contributed by atoms with E-state index in [-0.39, 0.29) is 11.6 Å². The van der Waals surface area contributed by atoms with E-state index in [4.69, 9.17) is 5.73 Å². The summed E-state index contributed by atoms with van der Waals surface area (Å²) < 4.78 is 0. The molecule has 1 aromatic carbocycles. The zero-order valence-electron chi connectivity index (χ0n) is 10.1. The Kier molecular flexibility index (Phi) is 3.76. The van der Waals surface area contributed by atoms with Crippen molar-refractivity contribution in [3.63, 3.8) is 0 Å². The van der Waals surface area contributed by atoms with Crippen LogP contribution < -0.4 is 16.4 Å². The molecular formula is C12H12N4O2S. The van der Waals surface area contributed by atoms with E-state index >= 15 is 0 Å². The predicted molar refractivity (Wildman–Crippen MR) is 74.3 cm³/mol. The molecule has 2 rings (SSSR count). The van der Waals surface area contributed by atoms with Gasteiger partial charge >= 0.3 is 0 Å². The average Bonchev–Trinajstić information content (AvgIpc) is 2.85. The van der Waals surface area contributed by atoms with Crippen molar-refractivity contribution < 1.29 is 9.59 Å². The van der Waals surface area contributed by atoms with Gasteiger partial charge in [0.25, 0.3) is 11.8 Å². The van der Waals surface area contributed by atoms with Gasteiger partial charge in [0.2, 0.25) is 0 Å². The third kappa shape index (κ3) is 2.89. The molecule has 0 saturated heterocycles. The number of nitrogens with one attached hydrogen (secondary N) is 2. The van der Waals surface area contributed by atoms with Gasteiger partial charge in [-0.2, -0.15) is 0 Å². The van der Waals surface area contributed by atoms with E-state index in [0.29, 0.717) is 16.4 Å². The summed E-state index contributed by atoms with van der Waals surface area (Å²) in [5.41, 5.74) is 6.52. The molecule has 4 N–H and O–H groups in total. The Morgan fingerprint density at radius 2 is 2.00 bits per heavy atom. The van der Waals surface area contributed by atoms with Crippen LogP contribution in [0.5, 0.6) is 0 Å². The van der Waals surface area contributed by atoms with Crippen molar-refractivity contribution in [1.82, 2.24) is 10.3 Å². The highest BCUT2D eigenvalue weighted by Gasteiger charge is 2.14. The number of nitrogen functional groups attached to an aromatic ring is 1. The summed E-state index contributed by atoms with van der Waals surface area (Å²) in [6.07, 6.45) is 0. The molecule has 0 unspecified atom stereocenters. The lowest BCUT2D eigenvalue weighted by Gasteiger charge is -2.08. The molecule has 7 heteroatoms. The Bertz CT molecular complexity index is 624. The lowest BCUT2D eigenvalue weighted by Crippen LogP contribution is -2.21. The summed E-state index contributed by atoms with van der Waals surface area (Å²) >= 11 is 1.18. The first-order valence-electron chi connectivity index (χ1n) is 5.45. The van der Waals surface area contributed by atoms with Crippen LogP contribution in [0.1, 0.15) is 20.8 Å². The van der Waals surface area contributed by atoms with Crippen LogP contribution in [0.3, 0.4) is 0 Å². The number of para-hydroxylation sites is 1. The van der Waals surface area contributed by atoms with Gasteiger partial charge in [-0.05, 0) is 12.1 Å². The molecular weight excluding hydrogens is 264 g/mol. The second-order valence-corrected chi connectivity index (χ2v) is 4.54. The molecule has 0 radical (unpaired) electrons. The highest BCUT2D eigenvalue weighted by Crippen LogP contribution is 2.17. The minimum atomic E-state index is -0.399. The summed E-state index contributed by atoms with van der Waals surface area (Å²) in [5, 5.41) is 7.05. The van der Waals surface area contributed by atoms with Gasteiger partial charge in [-0.3, -0.25) is 9.59 Å². The molecule has 2 amide bonds. The molecule has 0 aliphatic heterocycles. The van der Waals surface area contributed by atoms with Gasteiger partial charge in [-0.1, -0.05) is 12.1 Å². The fourth-order valence-corrected chi connectivity index (χ4v) is 2.05. The van der Waals surface area contributed by atoms with Crippen LogP contribution in [0, 0.1) is 0 Å². The van der Waals surface area contributed by atoms with Crippen LogP contribution in [-0.2, 0) is 0 Å². The monoisotopic (exact) mass is 276 g/mol. The number of thiazole rings is 1. The van der Waals surface area contributed by atoms with Gasteiger partial charge in [0.05, 0.1) is 11.3 Å². The molecule has 0 aliphatic rings. The van der Waals surface area contributed by atoms with Crippen molar-refractivity contribution in [2.45, 2.75) is 0 Å². The summed E-state index contributed by atoms with van der Waals surface area (Å²) in [5.74, 6) is -0.669. The molecule has 6 nitrogen and oxygen atoms in total. The number of hydrogen-bond acceptors (Lipinski definition) is 5. The number of aromatic nitrogens is 1. The largest absolute Gasteiger partial charge is 0.375 e. The summed E-state index contributed by atoms with van der Waals surface area (Å²) in [6.45, 7) is 0. The molecule has 0 spiro atoms. The lowest BCUT2D eigenvalue weighted by molar-refractivity contribution is 0.0964. The molecule has 0 saturated carbocycles. The fourth-order valence-electron chi connectivity index (χ4n) is 1.50. The van der Waals surface area contributed by atoms with Crippen LogP contribution in [-0.4, -0.2) is 23.8 Å². The van der Waals surface area contributed by atoms with Gasteiger partial charge in [0.15, 0.2) is 5.13 Å². The van der Waals surface area contributed by atoms with E-state index in [2.05, 4.69) is 15.6 Å². The molecule has 1 heterocycles. The molecule has 0 bridgehead atoms. The van der Waals surface area contributed by atoms with Crippen LogP contribution in [0.2, 0.25) is 0 Å². The van der Waals surface area contributed by atoms with E-state index in [1.54, 1.807) is 29.6 Å². The lowest BCUT2D eigenvalue weighted by atomic mass is 10.1. The molecule has 19 heavy (non-hydrogen) atoms. The second kappa shape index (κ2) is 5.49. The number of nitrogens with zero attached hydrogens (tertiary/aromatic N) is 1. The molecule has 0 fully saturated rings. The van der Waals surface area contributed by atoms with Crippen LogP contribution in [0.4, 0.5) is 10.8 Å². The minimum Gasteiger partial charge on any atom is -0.375 e. The Balaban J connectivity index is 2.24. The Hall–Kier alpha value is -2.41. The fraction of sp³-hybridized carbons (Fsp3) is 0.0833. The maximum Gasteiger partial charge on any atom is 0.275 e. The Morgan fingerprint density at radius 3 is 2.63 bits per heavy atom. The number of anilines is 2. The van der Waals surface area contributed by atoms with E-state index in [9.17, 15) is 9.59 Å². The van der Waals surface area contributed by atoms with Crippen molar-refractivity contribution in [2.24, 2.45) is 0 Å². The maximum absolute atomic E-state index is 11.9. The van der Waals surface area contributed by atoms with Crippen molar-refractivity contribution in [3.8, 4) is 0 Å². The van der Waals surface area contributed by atoms with Gasteiger partial charge < -0.3 is 16.4 Å². The van der Waals surface area contributed by atoms with Crippen molar-refractivity contribution >= 4 is 34.0 Å². The third-order valence-corrected chi connectivity index (χ3v) is 3.08. The first kappa shape index (κ1) is 13.0. The molecule has 2 aromatic rings. The van der Waals surface area contributed by atoms with Gasteiger partial charge in [0, 0.05) is 12.4 Å². The SMILES string of the molecule is CNC(=O)c1ccccc1NC(=O)c1csc(N)n1. The normalized spacial score (nSPS) is 9.95. The van der Waals surface area contributed by atoms with E-state index < -0.39 is 5.91 Å². The van der Waals surface area contributed by atoms with Gasteiger partial charge in [0.1, 0.15) is 5.69 Å². The van der Waals surface area contributed by atoms with Gasteiger partial charge in [-0.25, -0.2) is 4.98 Å². The number of hydrogen-bond donors (Lipinski definition) is 3. The number of benzene rings is 1. The Labute approximate surface area is 113 Å². The van der Waals surface area contributed by atoms with Crippen LogP contribution >= 0.6 is 11.3 Å². The number of carbonyl (C=O) groups is 2. The summed E-state index contributed by atoms with van der Waals surface area (Å²) in [6, 6.07) is 6.74. The third-order valence-electron chi connectivity index (χ3n) is 2.40. The van der Waals surface area contributed by atoms with E-state index in [1.165, 1.54) is 18.4 Å².